The quantitative estimate of drug-likeness (QED) is 0.352. The van der Waals surface area contributed by atoms with E-state index in [2.05, 4.69) is 0 Å². The highest BCUT2D eigenvalue weighted by Gasteiger charge is 2.13. The molecule has 32 heavy (non-hydrogen) atoms. The van der Waals surface area contributed by atoms with Gasteiger partial charge in [-0.05, 0) is 61.4 Å². The van der Waals surface area contributed by atoms with Gasteiger partial charge in [-0.25, -0.2) is 4.98 Å². The Hall–Kier alpha value is -3.80. The third-order valence-corrected chi connectivity index (χ3v) is 5.30. The Kier molecular flexibility index (Phi) is 6.70. The first-order valence-corrected chi connectivity index (χ1v) is 10.6. The summed E-state index contributed by atoms with van der Waals surface area (Å²) in [5, 5.41) is 0.623. The van der Waals surface area contributed by atoms with E-state index in [-0.39, 0.29) is 5.56 Å². The van der Waals surface area contributed by atoms with Crippen LogP contribution in [-0.2, 0) is 6.54 Å². The number of nitrogens with zero attached hydrogens (tertiary/aromatic N) is 2. The first-order chi connectivity index (χ1) is 15.7. The normalized spacial score (nSPS) is 10.8. The zero-order valence-corrected chi connectivity index (χ0v) is 18.3. The van der Waals surface area contributed by atoms with Crippen LogP contribution in [0.1, 0.15) is 12.8 Å². The minimum Gasteiger partial charge on any atom is -0.497 e. The summed E-state index contributed by atoms with van der Waals surface area (Å²) in [4.78, 5) is 18.1. The van der Waals surface area contributed by atoms with Crippen molar-refractivity contribution >= 4 is 10.9 Å². The number of hydrogen-bond acceptors (Lipinski definition) is 5. The van der Waals surface area contributed by atoms with Gasteiger partial charge in [-0.2, -0.15) is 0 Å². The molecule has 0 saturated heterocycles. The Morgan fingerprint density at radius 3 is 2.34 bits per heavy atom. The molecule has 3 aromatic carbocycles. The number of methoxy groups -OCH3 is 2. The number of hydrogen-bond donors (Lipinski definition) is 0. The average molecular weight is 431 g/mol. The lowest BCUT2D eigenvalue weighted by Crippen LogP contribution is -2.24. The number of aromatic nitrogens is 2. The molecule has 1 heterocycles. The molecule has 6 nitrogen and oxygen atoms in total. The fourth-order valence-corrected chi connectivity index (χ4v) is 3.59. The van der Waals surface area contributed by atoms with Crippen LogP contribution in [0.5, 0.6) is 17.2 Å². The lowest BCUT2D eigenvalue weighted by atomic mass is 10.1. The summed E-state index contributed by atoms with van der Waals surface area (Å²) in [5.74, 6) is 2.96. The first kappa shape index (κ1) is 21.4. The third kappa shape index (κ3) is 4.75. The van der Waals surface area contributed by atoms with Crippen LogP contribution in [0.4, 0.5) is 0 Å². The average Bonchev–Trinajstić information content (AvgIpc) is 2.85. The second-order valence-corrected chi connectivity index (χ2v) is 7.37. The summed E-state index contributed by atoms with van der Waals surface area (Å²) in [6.45, 7) is 1.11. The Morgan fingerprint density at radius 2 is 1.56 bits per heavy atom. The topological polar surface area (TPSA) is 62.6 Å². The highest BCUT2D eigenvalue weighted by molar-refractivity contribution is 5.79. The van der Waals surface area contributed by atoms with Gasteiger partial charge >= 0.3 is 0 Å². The van der Waals surface area contributed by atoms with Crippen molar-refractivity contribution in [3.05, 3.63) is 83.2 Å². The predicted octanol–water partition coefficient (Wildman–Crippen LogP) is 4.94. The Bertz CT molecular complexity index is 1250. The van der Waals surface area contributed by atoms with E-state index in [0.717, 1.165) is 35.7 Å². The van der Waals surface area contributed by atoms with Crippen LogP contribution in [0.3, 0.4) is 0 Å². The fraction of sp³-hybridized carbons (Fsp3) is 0.231. The van der Waals surface area contributed by atoms with Gasteiger partial charge in [-0.15, -0.1) is 0 Å². The van der Waals surface area contributed by atoms with Gasteiger partial charge in [0.05, 0.1) is 31.7 Å². The molecule has 0 saturated carbocycles. The Labute approximate surface area is 187 Å². The molecule has 6 heteroatoms. The van der Waals surface area contributed by atoms with Crippen molar-refractivity contribution in [3.63, 3.8) is 0 Å². The summed E-state index contributed by atoms with van der Waals surface area (Å²) in [6, 6.07) is 22.6. The van der Waals surface area contributed by atoms with E-state index < -0.39 is 0 Å². The van der Waals surface area contributed by atoms with E-state index in [4.69, 9.17) is 19.2 Å². The summed E-state index contributed by atoms with van der Waals surface area (Å²) in [5.41, 5.74) is 1.54. The van der Waals surface area contributed by atoms with Crippen molar-refractivity contribution in [2.24, 2.45) is 0 Å². The van der Waals surface area contributed by atoms with E-state index in [1.54, 1.807) is 18.8 Å². The van der Waals surface area contributed by atoms with E-state index in [0.29, 0.717) is 29.9 Å². The predicted molar refractivity (Wildman–Crippen MR) is 126 cm³/mol. The van der Waals surface area contributed by atoms with Crippen LogP contribution in [0.2, 0.25) is 0 Å². The van der Waals surface area contributed by atoms with Crippen LogP contribution >= 0.6 is 0 Å². The lowest BCUT2D eigenvalue weighted by Gasteiger charge is -2.14. The van der Waals surface area contributed by atoms with Crippen LogP contribution < -0.4 is 19.8 Å². The number of benzene rings is 3. The molecule has 0 aliphatic heterocycles. The molecule has 0 aliphatic rings. The molecular formula is C26H26N2O4. The van der Waals surface area contributed by atoms with Crippen molar-refractivity contribution in [2.75, 3.05) is 20.8 Å². The van der Waals surface area contributed by atoms with Crippen LogP contribution in [0, 0.1) is 0 Å². The minimum atomic E-state index is -0.0323. The molecule has 0 radical (unpaired) electrons. The molecular weight excluding hydrogens is 404 g/mol. The summed E-state index contributed by atoms with van der Waals surface area (Å²) in [7, 11) is 3.27. The van der Waals surface area contributed by atoms with Crippen LogP contribution in [0.25, 0.3) is 22.3 Å². The molecule has 0 bridgehead atoms. The minimum absolute atomic E-state index is 0.0323. The van der Waals surface area contributed by atoms with Crippen molar-refractivity contribution in [1.29, 1.82) is 0 Å². The largest absolute Gasteiger partial charge is 0.497 e. The van der Waals surface area contributed by atoms with Gasteiger partial charge < -0.3 is 14.2 Å². The first-order valence-electron chi connectivity index (χ1n) is 10.6. The lowest BCUT2D eigenvalue weighted by molar-refractivity contribution is 0.301. The van der Waals surface area contributed by atoms with Crippen LogP contribution in [-0.4, -0.2) is 30.4 Å². The zero-order chi connectivity index (χ0) is 22.3. The Balaban J connectivity index is 1.52. The van der Waals surface area contributed by atoms with Gasteiger partial charge in [0.1, 0.15) is 23.1 Å². The SMILES string of the molecule is COc1ccc(-c2nc3ccccc3c(=O)n2CCCCOc2cccc(OC)c2)cc1. The van der Waals surface area contributed by atoms with Gasteiger partial charge in [-0.1, -0.05) is 18.2 Å². The fourth-order valence-electron chi connectivity index (χ4n) is 3.59. The second-order valence-electron chi connectivity index (χ2n) is 7.37. The van der Waals surface area contributed by atoms with E-state index in [1.807, 2.05) is 72.8 Å². The number of unbranched alkanes of at least 4 members (excludes halogenated alkanes) is 1. The van der Waals surface area contributed by atoms with E-state index in [9.17, 15) is 4.79 Å². The third-order valence-electron chi connectivity index (χ3n) is 5.30. The number of para-hydroxylation sites is 1. The van der Waals surface area contributed by atoms with Crippen molar-refractivity contribution in [1.82, 2.24) is 9.55 Å². The molecule has 1 aromatic heterocycles. The summed E-state index contributed by atoms with van der Waals surface area (Å²) in [6.07, 6.45) is 1.59. The number of rotatable bonds is 9. The van der Waals surface area contributed by atoms with Gasteiger partial charge in [0.25, 0.3) is 5.56 Å². The van der Waals surface area contributed by atoms with E-state index >= 15 is 0 Å². The van der Waals surface area contributed by atoms with Gasteiger partial charge in [0, 0.05) is 18.2 Å². The highest BCUT2D eigenvalue weighted by atomic mass is 16.5. The molecule has 4 rings (SSSR count). The maximum atomic E-state index is 13.3. The molecule has 0 N–H and O–H groups in total. The summed E-state index contributed by atoms with van der Waals surface area (Å²) < 4.78 is 18.1. The highest BCUT2D eigenvalue weighted by Crippen LogP contribution is 2.23. The maximum absolute atomic E-state index is 13.3. The van der Waals surface area contributed by atoms with E-state index in [1.165, 1.54) is 0 Å². The van der Waals surface area contributed by atoms with Crippen molar-refractivity contribution in [3.8, 4) is 28.6 Å². The molecule has 164 valence electrons. The molecule has 0 atom stereocenters. The van der Waals surface area contributed by atoms with Crippen molar-refractivity contribution in [2.45, 2.75) is 19.4 Å². The van der Waals surface area contributed by atoms with Crippen molar-refractivity contribution < 1.29 is 14.2 Å². The molecule has 0 fully saturated rings. The van der Waals surface area contributed by atoms with Gasteiger partial charge in [0.15, 0.2) is 0 Å². The van der Waals surface area contributed by atoms with Gasteiger partial charge in [-0.3, -0.25) is 9.36 Å². The molecule has 0 spiro atoms. The molecule has 0 amide bonds. The summed E-state index contributed by atoms with van der Waals surface area (Å²) >= 11 is 0. The standard InChI is InChI=1S/C26H26N2O4/c1-30-20-14-12-19(13-15-20)25-27-24-11-4-3-10-23(24)26(29)28(25)16-5-6-17-32-22-9-7-8-21(18-22)31-2/h3-4,7-15,18H,5-6,16-17H2,1-2H3. The second kappa shape index (κ2) is 10.0. The molecule has 0 unspecified atom stereocenters. The molecule has 4 aromatic rings. The zero-order valence-electron chi connectivity index (χ0n) is 18.3. The smallest absolute Gasteiger partial charge is 0.261 e. The number of fused-ring (bicyclic) bond motifs is 1. The molecule has 0 aliphatic carbocycles. The number of ether oxygens (including phenoxy) is 3. The Morgan fingerprint density at radius 1 is 0.812 bits per heavy atom. The maximum Gasteiger partial charge on any atom is 0.261 e. The van der Waals surface area contributed by atoms with Gasteiger partial charge in [0.2, 0.25) is 0 Å². The monoisotopic (exact) mass is 430 g/mol. The van der Waals surface area contributed by atoms with Crippen LogP contribution in [0.15, 0.2) is 77.6 Å².